The van der Waals surface area contributed by atoms with E-state index in [2.05, 4.69) is 25.1 Å². The van der Waals surface area contributed by atoms with Crippen LogP contribution in [0.15, 0.2) is 5.38 Å². The molecule has 0 fully saturated rings. The highest BCUT2D eigenvalue weighted by Crippen LogP contribution is 2.26. The van der Waals surface area contributed by atoms with Crippen molar-refractivity contribution in [2.75, 3.05) is 0 Å². The molecule has 0 amide bonds. The molecule has 0 saturated heterocycles. The second-order valence-corrected chi connectivity index (χ2v) is 4.21. The van der Waals surface area contributed by atoms with Crippen molar-refractivity contribution >= 4 is 11.5 Å². The summed E-state index contributed by atoms with van der Waals surface area (Å²) in [7, 11) is 0. The van der Waals surface area contributed by atoms with Crippen molar-refractivity contribution in [2.24, 2.45) is 0 Å². The van der Waals surface area contributed by atoms with Gasteiger partial charge < -0.3 is 5.11 Å². The molecule has 0 bridgehead atoms. The predicted molar refractivity (Wildman–Crippen MR) is 46.7 cm³/mol. The van der Waals surface area contributed by atoms with E-state index in [0.717, 1.165) is 11.3 Å². The van der Waals surface area contributed by atoms with Crippen LogP contribution in [0.25, 0.3) is 0 Å². The van der Waals surface area contributed by atoms with E-state index >= 15 is 0 Å². The molecular weight excluding hydrogens is 158 g/mol. The Kier molecular flexibility index (Phi) is 2.30. The summed E-state index contributed by atoms with van der Waals surface area (Å²) in [6.45, 7) is 6.41. The lowest BCUT2D eigenvalue weighted by molar-refractivity contribution is 0.275. The molecule has 0 spiro atoms. The van der Waals surface area contributed by atoms with Gasteiger partial charge in [0.15, 0.2) is 0 Å². The van der Waals surface area contributed by atoms with Gasteiger partial charge in [0.05, 0.1) is 12.3 Å². The third-order valence-electron chi connectivity index (χ3n) is 1.60. The van der Waals surface area contributed by atoms with Gasteiger partial charge in [-0.2, -0.15) is 4.37 Å². The van der Waals surface area contributed by atoms with Gasteiger partial charge >= 0.3 is 0 Å². The second-order valence-electron chi connectivity index (χ2n) is 3.58. The fraction of sp³-hybridized carbons (Fsp3) is 0.625. The van der Waals surface area contributed by atoms with Crippen LogP contribution in [0.2, 0.25) is 0 Å². The molecule has 0 aliphatic heterocycles. The van der Waals surface area contributed by atoms with Crippen LogP contribution in [0.1, 0.15) is 32.0 Å². The van der Waals surface area contributed by atoms with Crippen LogP contribution in [0.5, 0.6) is 0 Å². The molecule has 0 saturated carbocycles. The summed E-state index contributed by atoms with van der Waals surface area (Å²) in [5.74, 6) is 0. The maximum atomic E-state index is 8.91. The number of nitrogens with zero attached hydrogens (tertiary/aromatic N) is 1. The molecule has 0 radical (unpaired) electrons. The van der Waals surface area contributed by atoms with Crippen LogP contribution >= 0.6 is 11.5 Å². The van der Waals surface area contributed by atoms with Crippen LogP contribution < -0.4 is 0 Å². The predicted octanol–water partition coefficient (Wildman–Crippen LogP) is 1.93. The molecule has 0 unspecified atom stereocenters. The molecule has 1 rings (SSSR count). The maximum absolute atomic E-state index is 8.91. The zero-order chi connectivity index (χ0) is 8.48. The van der Waals surface area contributed by atoms with Gasteiger partial charge in [-0.05, 0) is 22.5 Å². The van der Waals surface area contributed by atoms with Gasteiger partial charge in [0.1, 0.15) is 0 Å². The van der Waals surface area contributed by atoms with E-state index in [1.807, 2.05) is 5.38 Å². The Balaban J connectivity index is 3.02. The first-order valence-electron chi connectivity index (χ1n) is 3.60. The average Bonchev–Trinajstić information content (AvgIpc) is 2.31. The summed E-state index contributed by atoms with van der Waals surface area (Å²) in [5, 5.41) is 10.9. The third-order valence-corrected chi connectivity index (χ3v) is 2.27. The number of hydrogen-bond acceptors (Lipinski definition) is 3. The Bertz CT molecular complexity index is 236. The van der Waals surface area contributed by atoms with E-state index in [9.17, 15) is 0 Å². The molecule has 0 atom stereocenters. The highest BCUT2D eigenvalue weighted by atomic mass is 32.1. The number of aromatic nitrogens is 1. The first-order chi connectivity index (χ1) is 5.05. The summed E-state index contributed by atoms with van der Waals surface area (Å²) < 4.78 is 4.09. The SMILES string of the molecule is CC(C)(C)c1csnc1CO. The van der Waals surface area contributed by atoms with Crippen molar-refractivity contribution in [2.45, 2.75) is 32.8 Å². The summed E-state index contributed by atoms with van der Waals surface area (Å²) >= 11 is 1.41. The molecule has 1 heterocycles. The normalized spacial score (nSPS) is 12.0. The van der Waals surface area contributed by atoms with Gasteiger partial charge in [-0.3, -0.25) is 0 Å². The summed E-state index contributed by atoms with van der Waals surface area (Å²) in [6, 6.07) is 0. The summed E-state index contributed by atoms with van der Waals surface area (Å²) in [4.78, 5) is 0. The van der Waals surface area contributed by atoms with E-state index in [1.165, 1.54) is 11.5 Å². The van der Waals surface area contributed by atoms with Crippen molar-refractivity contribution in [1.82, 2.24) is 4.37 Å². The minimum Gasteiger partial charge on any atom is -0.390 e. The minimum atomic E-state index is 0.0517. The van der Waals surface area contributed by atoms with Crippen molar-refractivity contribution in [3.05, 3.63) is 16.6 Å². The van der Waals surface area contributed by atoms with Gasteiger partial charge in [0.2, 0.25) is 0 Å². The topological polar surface area (TPSA) is 33.1 Å². The number of rotatable bonds is 1. The monoisotopic (exact) mass is 171 g/mol. The molecule has 2 nitrogen and oxygen atoms in total. The number of aliphatic hydroxyl groups excluding tert-OH is 1. The molecule has 62 valence electrons. The highest BCUT2D eigenvalue weighted by molar-refractivity contribution is 7.03. The number of hydrogen-bond donors (Lipinski definition) is 1. The molecule has 1 aromatic rings. The summed E-state index contributed by atoms with van der Waals surface area (Å²) in [5.41, 5.74) is 2.08. The van der Waals surface area contributed by atoms with E-state index in [0.29, 0.717) is 0 Å². The van der Waals surface area contributed by atoms with Gasteiger partial charge in [-0.25, -0.2) is 0 Å². The molecule has 1 N–H and O–H groups in total. The van der Waals surface area contributed by atoms with Gasteiger partial charge in [0.25, 0.3) is 0 Å². The molecule has 1 aromatic heterocycles. The van der Waals surface area contributed by atoms with Crippen molar-refractivity contribution in [1.29, 1.82) is 0 Å². The van der Waals surface area contributed by atoms with Gasteiger partial charge in [0, 0.05) is 5.38 Å². The van der Waals surface area contributed by atoms with E-state index in [1.54, 1.807) is 0 Å². The lowest BCUT2D eigenvalue weighted by atomic mass is 9.88. The van der Waals surface area contributed by atoms with Crippen LogP contribution in [-0.4, -0.2) is 9.48 Å². The quantitative estimate of drug-likeness (QED) is 0.700. The summed E-state index contributed by atoms with van der Waals surface area (Å²) in [6.07, 6.45) is 0. The van der Waals surface area contributed by atoms with Crippen molar-refractivity contribution in [3.8, 4) is 0 Å². The zero-order valence-electron chi connectivity index (χ0n) is 7.09. The average molecular weight is 171 g/mol. The fourth-order valence-corrected chi connectivity index (χ4v) is 1.91. The lowest BCUT2D eigenvalue weighted by Crippen LogP contribution is -2.12. The minimum absolute atomic E-state index is 0.0517. The van der Waals surface area contributed by atoms with Crippen molar-refractivity contribution in [3.63, 3.8) is 0 Å². The Morgan fingerprint density at radius 3 is 2.55 bits per heavy atom. The standard InChI is InChI=1S/C8H13NOS/c1-8(2,3)6-5-11-9-7(6)4-10/h5,10H,4H2,1-3H3. The second kappa shape index (κ2) is 2.91. The van der Waals surface area contributed by atoms with E-state index < -0.39 is 0 Å². The Labute approximate surface area is 71.1 Å². The van der Waals surface area contributed by atoms with Gasteiger partial charge in [-0.15, -0.1) is 0 Å². The smallest absolute Gasteiger partial charge is 0.0866 e. The lowest BCUT2D eigenvalue weighted by Gasteiger charge is -2.17. The van der Waals surface area contributed by atoms with Crippen LogP contribution in [-0.2, 0) is 12.0 Å². The van der Waals surface area contributed by atoms with E-state index in [4.69, 9.17) is 5.11 Å². The fourth-order valence-electron chi connectivity index (χ4n) is 0.984. The van der Waals surface area contributed by atoms with Crippen molar-refractivity contribution < 1.29 is 5.11 Å². The Hall–Kier alpha value is -0.410. The van der Waals surface area contributed by atoms with Gasteiger partial charge in [-0.1, -0.05) is 20.8 Å². The molecule has 0 aliphatic rings. The molecule has 0 aromatic carbocycles. The van der Waals surface area contributed by atoms with E-state index in [-0.39, 0.29) is 12.0 Å². The molecule has 3 heteroatoms. The number of aliphatic hydroxyl groups is 1. The zero-order valence-corrected chi connectivity index (χ0v) is 7.90. The van der Waals surface area contributed by atoms with Crippen LogP contribution in [0.4, 0.5) is 0 Å². The molecular formula is C8H13NOS. The first kappa shape index (κ1) is 8.68. The van der Waals surface area contributed by atoms with Crippen LogP contribution in [0, 0.1) is 0 Å². The molecule has 0 aliphatic carbocycles. The Morgan fingerprint density at radius 1 is 1.55 bits per heavy atom. The third kappa shape index (κ3) is 1.79. The largest absolute Gasteiger partial charge is 0.390 e. The Morgan fingerprint density at radius 2 is 2.18 bits per heavy atom. The highest BCUT2D eigenvalue weighted by Gasteiger charge is 2.19. The van der Waals surface area contributed by atoms with Crippen LogP contribution in [0.3, 0.4) is 0 Å². The molecule has 11 heavy (non-hydrogen) atoms. The maximum Gasteiger partial charge on any atom is 0.0866 e. The first-order valence-corrected chi connectivity index (χ1v) is 4.44.